The number of fused-ring (bicyclic) bond motifs is 1. The lowest BCUT2D eigenvalue weighted by molar-refractivity contribution is 0.0696. The number of carbonyl (C=O) groups is 1. The predicted molar refractivity (Wildman–Crippen MR) is 81.0 cm³/mol. The van der Waals surface area contributed by atoms with Crippen LogP contribution in [0.5, 0.6) is 5.75 Å². The van der Waals surface area contributed by atoms with E-state index >= 15 is 0 Å². The van der Waals surface area contributed by atoms with Crippen LogP contribution >= 0.6 is 0 Å². The molecule has 0 radical (unpaired) electrons. The molecule has 1 aromatic heterocycles. The Morgan fingerprint density at radius 3 is 2.76 bits per heavy atom. The molecule has 0 saturated carbocycles. The van der Waals surface area contributed by atoms with Gasteiger partial charge in [-0.1, -0.05) is 18.2 Å². The van der Waals surface area contributed by atoms with Gasteiger partial charge in [0.05, 0.1) is 19.2 Å². The summed E-state index contributed by atoms with van der Waals surface area (Å²) in [6.07, 6.45) is 2.00. The van der Waals surface area contributed by atoms with Gasteiger partial charge in [-0.05, 0) is 35.7 Å². The van der Waals surface area contributed by atoms with E-state index in [1.165, 1.54) is 0 Å². The highest BCUT2D eigenvalue weighted by molar-refractivity contribution is 5.88. The van der Waals surface area contributed by atoms with Crippen LogP contribution in [0, 0.1) is 0 Å². The average molecular weight is 281 g/mol. The van der Waals surface area contributed by atoms with Crippen LogP contribution in [-0.2, 0) is 6.54 Å². The Hall–Kier alpha value is -2.75. The van der Waals surface area contributed by atoms with Gasteiger partial charge in [-0.3, -0.25) is 0 Å². The quantitative estimate of drug-likeness (QED) is 0.797. The van der Waals surface area contributed by atoms with Crippen LogP contribution in [0.2, 0.25) is 0 Å². The fraction of sp³-hybridized carbons (Fsp3) is 0.118. The zero-order chi connectivity index (χ0) is 14.8. The number of aromatic carboxylic acids is 1. The minimum absolute atomic E-state index is 0.266. The van der Waals surface area contributed by atoms with E-state index in [0.717, 1.165) is 16.5 Å². The largest absolute Gasteiger partial charge is 0.496 e. The Morgan fingerprint density at radius 2 is 2.00 bits per heavy atom. The molecule has 3 aromatic rings. The van der Waals surface area contributed by atoms with Crippen molar-refractivity contribution < 1.29 is 14.6 Å². The number of hydrogen-bond acceptors (Lipinski definition) is 2. The monoisotopic (exact) mass is 281 g/mol. The van der Waals surface area contributed by atoms with Crippen molar-refractivity contribution in [2.45, 2.75) is 6.54 Å². The van der Waals surface area contributed by atoms with Gasteiger partial charge in [0.25, 0.3) is 0 Å². The predicted octanol–water partition coefficient (Wildman–Crippen LogP) is 3.40. The first-order valence-corrected chi connectivity index (χ1v) is 6.63. The molecule has 4 nitrogen and oxygen atoms in total. The smallest absolute Gasteiger partial charge is 0.335 e. The number of carboxylic acid groups (broad SMARTS) is 1. The minimum Gasteiger partial charge on any atom is -0.496 e. The van der Waals surface area contributed by atoms with E-state index in [0.29, 0.717) is 12.3 Å². The Balaban J connectivity index is 2.04. The van der Waals surface area contributed by atoms with E-state index in [1.807, 2.05) is 30.5 Å². The van der Waals surface area contributed by atoms with Gasteiger partial charge in [-0.25, -0.2) is 4.79 Å². The molecular weight excluding hydrogens is 266 g/mol. The highest BCUT2D eigenvalue weighted by Crippen LogP contribution is 2.23. The summed E-state index contributed by atoms with van der Waals surface area (Å²) in [5.41, 5.74) is 2.22. The zero-order valence-corrected chi connectivity index (χ0v) is 11.6. The maximum Gasteiger partial charge on any atom is 0.335 e. The standard InChI is InChI=1S/C17H15NO3/c1-21-16-7-6-13(17(19)20)10-14(16)11-18-9-8-12-4-2-3-5-15(12)18/h2-10H,11H2,1H3,(H,19,20). The third-order valence-corrected chi connectivity index (χ3v) is 3.55. The number of benzene rings is 2. The van der Waals surface area contributed by atoms with Gasteiger partial charge in [0.1, 0.15) is 5.75 Å². The fourth-order valence-corrected chi connectivity index (χ4v) is 2.50. The number of carboxylic acids is 1. The van der Waals surface area contributed by atoms with Gasteiger partial charge in [0, 0.05) is 17.3 Å². The summed E-state index contributed by atoms with van der Waals surface area (Å²) in [7, 11) is 1.59. The summed E-state index contributed by atoms with van der Waals surface area (Å²) in [6, 6.07) is 15.0. The molecular formula is C17H15NO3. The van der Waals surface area contributed by atoms with E-state index in [1.54, 1.807) is 25.3 Å². The van der Waals surface area contributed by atoms with Crippen molar-refractivity contribution in [1.29, 1.82) is 0 Å². The molecule has 0 aliphatic carbocycles. The van der Waals surface area contributed by atoms with Crippen LogP contribution in [0.15, 0.2) is 54.7 Å². The summed E-state index contributed by atoms with van der Waals surface area (Å²) >= 11 is 0. The van der Waals surface area contributed by atoms with E-state index < -0.39 is 5.97 Å². The summed E-state index contributed by atoms with van der Waals surface area (Å²) < 4.78 is 7.42. The maximum atomic E-state index is 11.1. The van der Waals surface area contributed by atoms with Crippen molar-refractivity contribution in [1.82, 2.24) is 4.57 Å². The zero-order valence-electron chi connectivity index (χ0n) is 11.6. The Labute approximate surface area is 122 Å². The lowest BCUT2D eigenvalue weighted by Crippen LogP contribution is -2.04. The number of methoxy groups -OCH3 is 1. The van der Waals surface area contributed by atoms with Gasteiger partial charge < -0.3 is 14.4 Å². The second-order valence-electron chi connectivity index (χ2n) is 4.83. The van der Waals surface area contributed by atoms with Crippen molar-refractivity contribution in [3.8, 4) is 5.75 Å². The first kappa shape index (κ1) is 13.2. The first-order valence-electron chi connectivity index (χ1n) is 6.63. The lowest BCUT2D eigenvalue weighted by atomic mass is 10.1. The summed E-state index contributed by atoms with van der Waals surface area (Å²) in [6.45, 7) is 0.567. The van der Waals surface area contributed by atoms with Crippen molar-refractivity contribution in [2.24, 2.45) is 0 Å². The molecule has 0 unspecified atom stereocenters. The molecule has 3 rings (SSSR count). The molecule has 0 spiro atoms. The van der Waals surface area contributed by atoms with Gasteiger partial charge in [-0.2, -0.15) is 0 Å². The molecule has 2 aromatic carbocycles. The fourth-order valence-electron chi connectivity index (χ4n) is 2.50. The van der Waals surface area contributed by atoms with E-state index in [2.05, 4.69) is 10.6 Å². The topological polar surface area (TPSA) is 51.5 Å². The molecule has 1 N–H and O–H groups in total. The number of aromatic nitrogens is 1. The highest BCUT2D eigenvalue weighted by Gasteiger charge is 2.10. The summed E-state index contributed by atoms with van der Waals surface area (Å²) in [5, 5.41) is 10.3. The summed E-state index contributed by atoms with van der Waals surface area (Å²) in [5.74, 6) is -0.242. The molecule has 0 amide bonds. The molecule has 106 valence electrons. The van der Waals surface area contributed by atoms with Crippen LogP contribution < -0.4 is 4.74 Å². The van der Waals surface area contributed by atoms with Crippen molar-refractivity contribution in [2.75, 3.05) is 7.11 Å². The second-order valence-corrected chi connectivity index (χ2v) is 4.83. The average Bonchev–Trinajstić information content (AvgIpc) is 2.90. The van der Waals surface area contributed by atoms with E-state index in [9.17, 15) is 4.79 Å². The van der Waals surface area contributed by atoms with Gasteiger partial charge >= 0.3 is 5.97 Å². The van der Waals surface area contributed by atoms with Crippen molar-refractivity contribution in [3.05, 3.63) is 65.9 Å². The van der Waals surface area contributed by atoms with E-state index in [-0.39, 0.29) is 5.56 Å². The van der Waals surface area contributed by atoms with Crippen LogP contribution in [0.1, 0.15) is 15.9 Å². The molecule has 1 heterocycles. The molecule has 0 aliphatic rings. The molecule has 4 heteroatoms. The number of nitrogens with zero attached hydrogens (tertiary/aromatic N) is 1. The van der Waals surface area contributed by atoms with Crippen LogP contribution in [0.3, 0.4) is 0 Å². The molecule has 0 aliphatic heterocycles. The Morgan fingerprint density at radius 1 is 1.19 bits per heavy atom. The second kappa shape index (κ2) is 5.32. The van der Waals surface area contributed by atoms with Gasteiger partial charge in [0.2, 0.25) is 0 Å². The third kappa shape index (κ3) is 2.48. The molecule has 0 fully saturated rings. The van der Waals surface area contributed by atoms with E-state index in [4.69, 9.17) is 9.84 Å². The van der Waals surface area contributed by atoms with Crippen LogP contribution in [-0.4, -0.2) is 22.8 Å². The normalized spacial score (nSPS) is 10.7. The first-order chi connectivity index (χ1) is 10.2. The molecule has 0 saturated heterocycles. The summed E-state index contributed by atoms with van der Waals surface area (Å²) in [4.78, 5) is 11.1. The number of rotatable bonds is 4. The number of ether oxygens (including phenoxy) is 1. The molecule has 21 heavy (non-hydrogen) atoms. The number of para-hydroxylation sites is 1. The lowest BCUT2D eigenvalue weighted by Gasteiger charge is -2.11. The SMILES string of the molecule is COc1ccc(C(=O)O)cc1Cn1ccc2ccccc21. The minimum atomic E-state index is -0.934. The third-order valence-electron chi connectivity index (χ3n) is 3.55. The number of hydrogen-bond donors (Lipinski definition) is 1. The van der Waals surface area contributed by atoms with Crippen molar-refractivity contribution in [3.63, 3.8) is 0 Å². The highest BCUT2D eigenvalue weighted by atomic mass is 16.5. The van der Waals surface area contributed by atoms with Gasteiger partial charge in [0.15, 0.2) is 0 Å². The van der Waals surface area contributed by atoms with Crippen LogP contribution in [0.4, 0.5) is 0 Å². The molecule has 0 bridgehead atoms. The van der Waals surface area contributed by atoms with Crippen LogP contribution in [0.25, 0.3) is 10.9 Å². The molecule has 0 atom stereocenters. The Kier molecular flexibility index (Phi) is 3.36. The maximum absolute atomic E-state index is 11.1. The Bertz CT molecular complexity index is 805. The van der Waals surface area contributed by atoms with Gasteiger partial charge in [-0.15, -0.1) is 0 Å². The van der Waals surface area contributed by atoms with Crippen molar-refractivity contribution >= 4 is 16.9 Å².